The van der Waals surface area contributed by atoms with Crippen molar-refractivity contribution in [3.05, 3.63) is 53.7 Å². The standard InChI is InChI=1S/C13H14ClNO/c1-9-6-8-16-13(9)12(14)10(2)11-5-3-4-7-15-11/h3-8,10,12H,1-2H3. The molecule has 0 amide bonds. The van der Waals surface area contributed by atoms with Gasteiger partial charge in [-0.15, -0.1) is 11.6 Å². The van der Waals surface area contributed by atoms with E-state index in [9.17, 15) is 0 Å². The molecule has 0 aliphatic heterocycles. The molecule has 0 saturated carbocycles. The first-order chi connectivity index (χ1) is 7.70. The Balaban J connectivity index is 2.23. The maximum Gasteiger partial charge on any atom is 0.125 e. The Kier molecular flexibility index (Phi) is 3.30. The molecule has 0 aliphatic carbocycles. The van der Waals surface area contributed by atoms with Crippen molar-refractivity contribution in [2.24, 2.45) is 0 Å². The van der Waals surface area contributed by atoms with E-state index in [-0.39, 0.29) is 11.3 Å². The third-order valence-electron chi connectivity index (χ3n) is 2.75. The van der Waals surface area contributed by atoms with Crippen LogP contribution in [0.25, 0.3) is 0 Å². The lowest BCUT2D eigenvalue weighted by Gasteiger charge is -2.16. The largest absolute Gasteiger partial charge is 0.467 e. The average molecular weight is 236 g/mol. The van der Waals surface area contributed by atoms with Gasteiger partial charge in [0.25, 0.3) is 0 Å². The Hall–Kier alpha value is -1.28. The van der Waals surface area contributed by atoms with Crippen LogP contribution in [-0.2, 0) is 0 Å². The number of nitrogens with zero attached hydrogens (tertiary/aromatic N) is 1. The summed E-state index contributed by atoms with van der Waals surface area (Å²) in [5, 5.41) is -0.176. The highest BCUT2D eigenvalue weighted by Gasteiger charge is 2.23. The van der Waals surface area contributed by atoms with Crippen molar-refractivity contribution in [2.45, 2.75) is 25.1 Å². The Morgan fingerprint density at radius 3 is 2.69 bits per heavy atom. The molecule has 0 radical (unpaired) electrons. The molecule has 0 bridgehead atoms. The highest BCUT2D eigenvalue weighted by atomic mass is 35.5. The minimum Gasteiger partial charge on any atom is -0.467 e. The summed E-state index contributed by atoms with van der Waals surface area (Å²) >= 11 is 6.40. The van der Waals surface area contributed by atoms with Gasteiger partial charge in [-0.3, -0.25) is 4.98 Å². The first kappa shape index (κ1) is 11.2. The summed E-state index contributed by atoms with van der Waals surface area (Å²) in [5.41, 5.74) is 2.07. The zero-order valence-corrected chi connectivity index (χ0v) is 10.1. The number of pyridine rings is 1. The molecule has 0 aliphatic rings. The van der Waals surface area contributed by atoms with Crippen molar-refractivity contribution in [3.63, 3.8) is 0 Å². The van der Waals surface area contributed by atoms with Gasteiger partial charge in [0.1, 0.15) is 5.76 Å². The van der Waals surface area contributed by atoms with Gasteiger partial charge in [-0.25, -0.2) is 0 Å². The number of hydrogen-bond acceptors (Lipinski definition) is 2. The van der Waals surface area contributed by atoms with Crippen LogP contribution in [0.15, 0.2) is 41.1 Å². The van der Waals surface area contributed by atoms with Crippen LogP contribution in [0.2, 0.25) is 0 Å². The molecule has 16 heavy (non-hydrogen) atoms. The lowest BCUT2D eigenvalue weighted by Crippen LogP contribution is -2.04. The predicted octanol–water partition coefficient (Wildman–Crippen LogP) is 4.07. The minimum absolute atomic E-state index is 0.132. The van der Waals surface area contributed by atoms with E-state index < -0.39 is 0 Å². The van der Waals surface area contributed by atoms with Crippen LogP contribution in [0, 0.1) is 6.92 Å². The van der Waals surface area contributed by atoms with Crippen LogP contribution in [0.3, 0.4) is 0 Å². The Morgan fingerprint density at radius 1 is 1.31 bits per heavy atom. The molecule has 2 aromatic heterocycles. The second-order valence-corrected chi connectivity index (χ2v) is 4.38. The van der Waals surface area contributed by atoms with E-state index >= 15 is 0 Å². The highest BCUT2D eigenvalue weighted by molar-refractivity contribution is 6.21. The molecule has 0 spiro atoms. The van der Waals surface area contributed by atoms with Crippen molar-refractivity contribution in [2.75, 3.05) is 0 Å². The van der Waals surface area contributed by atoms with E-state index in [0.29, 0.717) is 0 Å². The van der Waals surface area contributed by atoms with E-state index in [2.05, 4.69) is 11.9 Å². The van der Waals surface area contributed by atoms with Crippen LogP contribution in [0.5, 0.6) is 0 Å². The van der Waals surface area contributed by atoms with Gasteiger partial charge >= 0.3 is 0 Å². The van der Waals surface area contributed by atoms with Gasteiger partial charge in [-0.05, 0) is 30.7 Å². The molecule has 2 nitrogen and oxygen atoms in total. The summed E-state index contributed by atoms with van der Waals surface area (Å²) in [6.45, 7) is 4.06. The number of furan rings is 1. The SMILES string of the molecule is Cc1ccoc1C(Cl)C(C)c1ccccn1. The highest BCUT2D eigenvalue weighted by Crippen LogP contribution is 2.36. The molecule has 2 rings (SSSR count). The van der Waals surface area contributed by atoms with Gasteiger partial charge in [0.05, 0.1) is 11.6 Å². The summed E-state index contributed by atoms with van der Waals surface area (Å²) < 4.78 is 5.41. The fraction of sp³-hybridized carbons (Fsp3) is 0.308. The first-order valence-electron chi connectivity index (χ1n) is 5.29. The number of halogens is 1. The van der Waals surface area contributed by atoms with E-state index in [1.807, 2.05) is 31.2 Å². The average Bonchev–Trinajstić information content (AvgIpc) is 2.75. The van der Waals surface area contributed by atoms with Crippen LogP contribution in [0.1, 0.15) is 35.2 Å². The molecule has 0 aromatic carbocycles. The summed E-state index contributed by atoms with van der Waals surface area (Å²) in [6, 6.07) is 7.78. The van der Waals surface area contributed by atoms with Gasteiger partial charge < -0.3 is 4.42 Å². The molecular weight excluding hydrogens is 222 g/mol. The molecule has 0 N–H and O–H groups in total. The fourth-order valence-electron chi connectivity index (χ4n) is 1.69. The van der Waals surface area contributed by atoms with Crippen molar-refractivity contribution in [1.29, 1.82) is 0 Å². The maximum atomic E-state index is 6.40. The molecular formula is C13H14ClNO. The number of aromatic nitrogens is 1. The predicted molar refractivity (Wildman–Crippen MR) is 64.7 cm³/mol. The minimum atomic E-state index is -0.176. The molecule has 2 aromatic rings. The monoisotopic (exact) mass is 235 g/mol. The number of alkyl halides is 1. The molecule has 2 atom stereocenters. The number of rotatable bonds is 3. The molecule has 0 saturated heterocycles. The van der Waals surface area contributed by atoms with E-state index in [1.54, 1.807) is 12.5 Å². The zero-order valence-electron chi connectivity index (χ0n) is 9.35. The van der Waals surface area contributed by atoms with Crippen LogP contribution in [-0.4, -0.2) is 4.98 Å². The molecule has 84 valence electrons. The lowest BCUT2D eigenvalue weighted by atomic mass is 9.99. The summed E-state index contributed by atoms with van der Waals surface area (Å²) in [6.07, 6.45) is 3.45. The van der Waals surface area contributed by atoms with Crippen LogP contribution in [0.4, 0.5) is 0 Å². The number of aryl methyl sites for hydroxylation is 1. The fourth-order valence-corrected chi connectivity index (χ4v) is 2.04. The quantitative estimate of drug-likeness (QED) is 0.750. The molecule has 2 unspecified atom stereocenters. The van der Waals surface area contributed by atoms with Crippen molar-refractivity contribution in [3.8, 4) is 0 Å². The van der Waals surface area contributed by atoms with Gasteiger partial charge in [0.15, 0.2) is 0 Å². The van der Waals surface area contributed by atoms with Crippen LogP contribution < -0.4 is 0 Å². The lowest BCUT2D eigenvalue weighted by molar-refractivity contribution is 0.479. The van der Waals surface area contributed by atoms with Crippen molar-refractivity contribution in [1.82, 2.24) is 4.98 Å². The second kappa shape index (κ2) is 4.71. The Labute approximate surface area is 100 Å². The smallest absolute Gasteiger partial charge is 0.125 e. The van der Waals surface area contributed by atoms with Crippen molar-refractivity contribution < 1.29 is 4.42 Å². The Bertz CT molecular complexity index is 452. The molecule has 3 heteroatoms. The van der Waals surface area contributed by atoms with Gasteiger partial charge in [-0.2, -0.15) is 0 Å². The van der Waals surface area contributed by atoms with Gasteiger partial charge in [-0.1, -0.05) is 13.0 Å². The zero-order chi connectivity index (χ0) is 11.5. The van der Waals surface area contributed by atoms with Crippen molar-refractivity contribution >= 4 is 11.6 Å². The molecule has 2 heterocycles. The summed E-state index contributed by atoms with van der Waals surface area (Å²) in [4.78, 5) is 4.31. The van der Waals surface area contributed by atoms with E-state index in [0.717, 1.165) is 17.0 Å². The third kappa shape index (κ3) is 2.12. The first-order valence-corrected chi connectivity index (χ1v) is 5.73. The third-order valence-corrected chi connectivity index (χ3v) is 3.32. The summed E-state index contributed by atoms with van der Waals surface area (Å²) in [5.74, 6) is 0.965. The van der Waals surface area contributed by atoms with Gasteiger partial charge in [0.2, 0.25) is 0 Å². The van der Waals surface area contributed by atoms with E-state index in [1.165, 1.54) is 0 Å². The number of hydrogen-bond donors (Lipinski definition) is 0. The maximum absolute atomic E-state index is 6.40. The topological polar surface area (TPSA) is 26.0 Å². The molecule has 0 fully saturated rings. The normalized spacial score (nSPS) is 14.7. The van der Waals surface area contributed by atoms with Crippen LogP contribution >= 0.6 is 11.6 Å². The summed E-state index contributed by atoms with van der Waals surface area (Å²) in [7, 11) is 0. The Morgan fingerprint density at radius 2 is 2.12 bits per heavy atom. The van der Waals surface area contributed by atoms with Gasteiger partial charge in [0, 0.05) is 17.8 Å². The van der Waals surface area contributed by atoms with E-state index in [4.69, 9.17) is 16.0 Å². The second-order valence-electron chi connectivity index (χ2n) is 3.91.